The number of ether oxygens (including phenoxy) is 1. The number of hydrogen-bond donors (Lipinski definition) is 1. The van der Waals surface area contributed by atoms with Gasteiger partial charge < -0.3 is 10.5 Å². The van der Waals surface area contributed by atoms with Gasteiger partial charge in [-0.2, -0.15) is 0 Å². The first kappa shape index (κ1) is 13.9. The summed E-state index contributed by atoms with van der Waals surface area (Å²) < 4.78 is 5.81. The van der Waals surface area contributed by atoms with E-state index in [1.165, 1.54) is 0 Å². The SMILES string of the molecule is Cc1cc([C@H](C)N)ccc1OCc1cccc(Cl)c1. The van der Waals surface area contributed by atoms with Crippen molar-refractivity contribution in [1.82, 2.24) is 0 Å². The maximum atomic E-state index is 5.94. The topological polar surface area (TPSA) is 35.2 Å². The Hall–Kier alpha value is -1.51. The van der Waals surface area contributed by atoms with Crippen LogP contribution in [0.2, 0.25) is 5.02 Å². The molecular weight excluding hydrogens is 258 g/mol. The van der Waals surface area contributed by atoms with Crippen molar-refractivity contribution < 1.29 is 4.74 Å². The summed E-state index contributed by atoms with van der Waals surface area (Å²) in [6.07, 6.45) is 0. The van der Waals surface area contributed by atoms with Crippen molar-refractivity contribution in [1.29, 1.82) is 0 Å². The Morgan fingerprint density at radius 1 is 1.21 bits per heavy atom. The third-order valence-corrected chi connectivity index (χ3v) is 3.24. The third kappa shape index (κ3) is 3.72. The number of benzene rings is 2. The summed E-state index contributed by atoms with van der Waals surface area (Å²) >= 11 is 5.94. The van der Waals surface area contributed by atoms with E-state index in [9.17, 15) is 0 Å². The highest BCUT2D eigenvalue weighted by molar-refractivity contribution is 6.30. The molecule has 0 aromatic heterocycles. The van der Waals surface area contributed by atoms with Gasteiger partial charge in [0.2, 0.25) is 0 Å². The normalized spacial score (nSPS) is 12.2. The Kier molecular flexibility index (Phi) is 4.46. The molecule has 0 aliphatic heterocycles. The zero-order chi connectivity index (χ0) is 13.8. The fraction of sp³-hybridized carbons (Fsp3) is 0.250. The molecular formula is C16H18ClNO. The molecule has 1 atom stereocenters. The number of aryl methyl sites for hydroxylation is 1. The van der Waals surface area contributed by atoms with E-state index in [2.05, 4.69) is 6.07 Å². The highest BCUT2D eigenvalue weighted by Crippen LogP contribution is 2.23. The van der Waals surface area contributed by atoms with Crippen LogP contribution >= 0.6 is 11.6 Å². The molecule has 2 rings (SSSR count). The summed E-state index contributed by atoms with van der Waals surface area (Å²) in [6, 6.07) is 13.8. The molecule has 0 aliphatic carbocycles. The van der Waals surface area contributed by atoms with Crippen LogP contribution in [0, 0.1) is 6.92 Å². The van der Waals surface area contributed by atoms with Crippen LogP contribution in [0.15, 0.2) is 42.5 Å². The zero-order valence-corrected chi connectivity index (χ0v) is 11.9. The van der Waals surface area contributed by atoms with Crippen molar-refractivity contribution in [2.45, 2.75) is 26.5 Å². The Bertz CT molecular complexity index is 566. The highest BCUT2D eigenvalue weighted by Gasteiger charge is 2.05. The summed E-state index contributed by atoms with van der Waals surface area (Å²) in [5, 5.41) is 0.727. The number of hydrogen-bond acceptors (Lipinski definition) is 2. The van der Waals surface area contributed by atoms with Crippen molar-refractivity contribution in [2.75, 3.05) is 0 Å². The number of rotatable bonds is 4. The molecule has 0 radical (unpaired) electrons. The van der Waals surface area contributed by atoms with Crippen LogP contribution < -0.4 is 10.5 Å². The second-order valence-corrected chi connectivity index (χ2v) is 5.17. The molecule has 0 fully saturated rings. The predicted molar refractivity (Wildman–Crippen MR) is 79.6 cm³/mol. The quantitative estimate of drug-likeness (QED) is 0.905. The standard InChI is InChI=1S/C16H18ClNO/c1-11-8-14(12(2)18)6-7-16(11)19-10-13-4-3-5-15(17)9-13/h3-9,12H,10,18H2,1-2H3/t12-/m0/s1. The molecule has 0 aliphatic rings. The molecule has 0 spiro atoms. The van der Waals surface area contributed by atoms with Gasteiger partial charge in [0.05, 0.1) is 0 Å². The summed E-state index contributed by atoms with van der Waals surface area (Å²) in [6.45, 7) is 4.51. The van der Waals surface area contributed by atoms with Gasteiger partial charge in [-0.25, -0.2) is 0 Å². The van der Waals surface area contributed by atoms with E-state index < -0.39 is 0 Å². The molecule has 2 N–H and O–H groups in total. The third-order valence-electron chi connectivity index (χ3n) is 3.01. The predicted octanol–water partition coefficient (Wildman–Crippen LogP) is 4.25. The van der Waals surface area contributed by atoms with Crippen molar-refractivity contribution in [2.24, 2.45) is 5.73 Å². The van der Waals surface area contributed by atoms with Gasteiger partial charge in [0, 0.05) is 11.1 Å². The van der Waals surface area contributed by atoms with Crippen LogP contribution in [0.5, 0.6) is 5.75 Å². The van der Waals surface area contributed by atoms with E-state index in [1.807, 2.05) is 50.2 Å². The molecule has 3 heteroatoms. The zero-order valence-electron chi connectivity index (χ0n) is 11.2. The minimum absolute atomic E-state index is 0.0423. The van der Waals surface area contributed by atoms with Gasteiger partial charge in [0.15, 0.2) is 0 Å². The summed E-state index contributed by atoms with van der Waals surface area (Å²) in [7, 11) is 0. The number of halogens is 1. The highest BCUT2D eigenvalue weighted by atomic mass is 35.5. The van der Waals surface area contributed by atoms with Gasteiger partial charge in [0.1, 0.15) is 12.4 Å². The first-order valence-electron chi connectivity index (χ1n) is 6.29. The van der Waals surface area contributed by atoms with Crippen LogP contribution in [0.4, 0.5) is 0 Å². The van der Waals surface area contributed by atoms with Crippen molar-refractivity contribution in [3.8, 4) is 5.75 Å². The van der Waals surface area contributed by atoms with Crippen LogP contribution in [0.3, 0.4) is 0 Å². The van der Waals surface area contributed by atoms with E-state index in [1.54, 1.807) is 0 Å². The molecule has 0 saturated carbocycles. The molecule has 100 valence electrons. The fourth-order valence-electron chi connectivity index (χ4n) is 1.91. The van der Waals surface area contributed by atoms with E-state index in [4.69, 9.17) is 22.1 Å². The Morgan fingerprint density at radius 2 is 2.00 bits per heavy atom. The molecule has 0 heterocycles. The first-order valence-corrected chi connectivity index (χ1v) is 6.67. The minimum atomic E-state index is 0.0423. The van der Waals surface area contributed by atoms with Gasteiger partial charge in [-0.05, 0) is 48.7 Å². The number of nitrogens with two attached hydrogens (primary N) is 1. The van der Waals surface area contributed by atoms with Gasteiger partial charge in [-0.1, -0.05) is 35.9 Å². The lowest BCUT2D eigenvalue weighted by Crippen LogP contribution is -2.05. The second-order valence-electron chi connectivity index (χ2n) is 4.73. The average Bonchev–Trinajstić information content (AvgIpc) is 2.37. The fourth-order valence-corrected chi connectivity index (χ4v) is 2.12. The van der Waals surface area contributed by atoms with E-state index in [0.29, 0.717) is 6.61 Å². The molecule has 0 saturated heterocycles. The van der Waals surface area contributed by atoms with E-state index in [0.717, 1.165) is 27.5 Å². The largest absolute Gasteiger partial charge is 0.489 e. The van der Waals surface area contributed by atoms with Crippen LogP contribution in [-0.2, 0) is 6.61 Å². The summed E-state index contributed by atoms with van der Waals surface area (Å²) in [5.41, 5.74) is 9.13. The molecule has 0 amide bonds. The molecule has 2 aromatic carbocycles. The van der Waals surface area contributed by atoms with Crippen LogP contribution in [0.1, 0.15) is 29.7 Å². The molecule has 0 bridgehead atoms. The average molecular weight is 276 g/mol. The summed E-state index contributed by atoms with van der Waals surface area (Å²) in [5.74, 6) is 0.879. The van der Waals surface area contributed by atoms with Crippen molar-refractivity contribution >= 4 is 11.6 Å². The molecule has 0 unspecified atom stereocenters. The lowest BCUT2D eigenvalue weighted by Gasteiger charge is -2.12. The van der Waals surface area contributed by atoms with Gasteiger partial charge in [-0.15, -0.1) is 0 Å². The Labute approximate surface area is 119 Å². The molecule has 19 heavy (non-hydrogen) atoms. The smallest absolute Gasteiger partial charge is 0.122 e. The molecule has 2 aromatic rings. The monoisotopic (exact) mass is 275 g/mol. The minimum Gasteiger partial charge on any atom is -0.489 e. The van der Waals surface area contributed by atoms with Gasteiger partial charge in [0.25, 0.3) is 0 Å². The maximum Gasteiger partial charge on any atom is 0.122 e. The van der Waals surface area contributed by atoms with Gasteiger partial charge in [-0.3, -0.25) is 0 Å². The van der Waals surface area contributed by atoms with Crippen molar-refractivity contribution in [3.05, 3.63) is 64.2 Å². The maximum absolute atomic E-state index is 5.94. The first-order chi connectivity index (χ1) is 9.06. The van der Waals surface area contributed by atoms with E-state index >= 15 is 0 Å². The van der Waals surface area contributed by atoms with Crippen LogP contribution in [0.25, 0.3) is 0 Å². The Balaban J connectivity index is 2.07. The second kappa shape index (κ2) is 6.09. The lowest BCUT2D eigenvalue weighted by molar-refractivity contribution is 0.304. The Morgan fingerprint density at radius 3 is 2.63 bits per heavy atom. The van der Waals surface area contributed by atoms with Crippen LogP contribution in [-0.4, -0.2) is 0 Å². The summed E-state index contributed by atoms with van der Waals surface area (Å²) in [4.78, 5) is 0. The van der Waals surface area contributed by atoms with E-state index in [-0.39, 0.29) is 6.04 Å². The van der Waals surface area contributed by atoms with Gasteiger partial charge >= 0.3 is 0 Å². The lowest BCUT2D eigenvalue weighted by atomic mass is 10.1. The van der Waals surface area contributed by atoms with Crippen molar-refractivity contribution in [3.63, 3.8) is 0 Å². The molecule has 2 nitrogen and oxygen atoms in total.